The maximum atomic E-state index is 8.26. The average molecular weight is 87.1 g/mol. The van der Waals surface area contributed by atoms with Crippen LogP contribution in [0.15, 0.2) is 12.7 Å². The van der Waals surface area contributed by atoms with E-state index in [9.17, 15) is 0 Å². The van der Waals surface area contributed by atoms with Crippen molar-refractivity contribution in [1.82, 2.24) is 0 Å². The summed E-state index contributed by atoms with van der Waals surface area (Å²) < 4.78 is 0. The largest absolute Gasteiger partial charge is 0.379 e. The van der Waals surface area contributed by atoms with Gasteiger partial charge in [0.1, 0.15) is 6.23 Å². The molecule has 2 nitrogen and oxygen atoms in total. The highest BCUT2D eigenvalue weighted by molar-refractivity contribution is 4.67. The number of aliphatic hydroxyl groups is 1. The zero-order valence-corrected chi connectivity index (χ0v) is 3.59. The lowest BCUT2D eigenvalue weighted by molar-refractivity contribution is 0.186. The van der Waals surface area contributed by atoms with Crippen molar-refractivity contribution in [2.24, 2.45) is 5.73 Å². The monoisotopic (exact) mass is 87.1 g/mol. The molecule has 0 unspecified atom stereocenters. The highest BCUT2D eigenvalue weighted by Crippen LogP contribution is 1.78. The third kappa shape index (κ3) is 3.66. The second-order valence-corrected chi connectivity index (χ2v) is 1.09. The zero-order chi connectivity index (χ0) is 4.99. The fourth-order valence-corrected chi connectivity index (χ4v) is 0.171. The first-order chi connectivity index (χ1) is 2.77. The minimum atomic E-state index is -0.720. The van der Waals surface area contributed by atoms with E-state index in [1.807, 2.05) is 0 Å². The number of nitrogens with two attached hydrogens (primary N) is 1. The van der Waals surface area contributed by atoms with Gasteiger partial charge in [0, 0.05) is 6.42 Å². The van der Waals surface area contributed by atoms with Crippen LogP contribution in [0.5, 0.6) is 0 Å². The molecule has 1 atom stereocenters. The van der Waals surface area contributed by atoms with Crippen LogP contribution in [0.2, 0.25) is 0 Å². The number of aliphatic hydroxyl groups excluding tert-OH is 1. The van der Waals surface area contributed by atoms with Gasteiger partial charge in [-0.2, -0.15) is 0 Å². The van der Waals surface area contributed by atoms with Gasteiger partial charge in [-0.3, -0.25) is 0 Å². The summed E-state index contributed by atoms with van der Waals surface area (Å²) in [5.74, 6) is 0. The second kappa shape index (κ2) is 2.87. The molecule has 0 aromatic carbocycles. The van der Waals surface area contributed by atoms with Crippen LogP contribution in [0, 0.1) is 0 Å². The molecule has 3 N–H and O–H groups in total. The van der Waals surface area contributed by atoms with Crippen LogP contribution in [0.1, 0.15) is 6.42 Å². The smallest absolute Gasteiger partial charge is 0.105 e. The molecule has 0 rings (SSSR count). The van der Waals surface area contributed by atoms with Gasteiger partial charge in [-0.1, -0.05) is 6.08 Å². The Morgan fingerprint density at radius 2 is 2.50 bits per heavy atom. The summed E-state index contributed by atoms with van der Waals surface area (Å²) >= 11 is 0. The van der Waals surface area contributed by atoms with Gasteiger partial charge in [-0.05, 0) is 0 Å². The molecule has 0 saturated carbocycles. The standard InChI is InChI=1S/C4H9NO/c1-2-3-4(5)6/h2,4,6H,1,3,5H2/t4-/m1/s1. The van der Waals surface area contributed by atoms with Gasteiger partial charge in [-0.25, -0.2) is 0 Å². The molecule has 0 fully saturated rings. The van der Waals surface area contributed by atoms with E-state index in [0.29, 0.717) is 6.42 Å². The topological polar surface area (TPSA) is 46.2 Å². The highest BCUT2D eigenvalue weighted by atomic mass is 16.3. The third-order valence-corrected chi connectivity index (χ3v) is 0.408. The van der Waals surface area contributed by atoms with E-state index in [1.54, 1.807) is 6.08 Å². The Labute approximate surface area is 37.3 Å². The third-order valence-electron chi connectivity index (χ3n) is 0.408. The average Bonchev–Trinajstić information content (AvgIpc) is 1.35. The lowest BCUT2D eigenvalue weighted by Gasteiger charge is -1.93. The van der Waals surface area contributed by atoms with E-state index >= 15 is 0 Å². The molecule has 2 heteroatoms. The fourth-order valence-electron chi connectivity index (χ4n) is 0.171. The molecular formula is C4H9NO. The molecule has 0 aliphatic heterocycles. The molecule has 0 amide bonds. The van der Waals surface area contributed by atoms with Crippen LogP contribution in [0.3, 0.4) is 0 Å². The van der Waals surface area contributed by atoms with E-state index in [4.69, 9.17) is 10.8 Å². The lowest BCUT2D eigenvalue weighted by atomic mass is 10.4. The molecule has 6 heavy (non-hydrogen) atoms. The number of hydrogen-bond donors (Lipinski definition) is 2. The Morgan fingerprint density at radius 3 is 2.50 bits per heavy atom. The predicted molar refractivity (Wildman–Crippen MR) is 25.0 cm³/mol. The Morgan fingerprint density at radius 1 is 2.00 bits per heavy atom. The molecule has 0 bridgehead atoms. The first kappa shape index (κ1) is 5.66. The van der Waals surface area contributed by atoms with Crippen molar-refractivity contribution in [3.63, 3.8) is 0 Å². The van der Waals surface area contributed by atoms with Crippen molar-refractivity contribution < 1.29 is 5.11 Å². The van der Waals surface area contributed by atoms with Gasteiger partial charge in [0.2, 0.25) is 0 Å². The van der Waals surface area contributed by atoms with Crippen LogP contribution in [0.25, 0.3) is 0 Å². The van der Waals surface area contributed by atoms with Crippen molar-refractivity contribution in [3.8, 4) is 0 Å². The van der Waals surface area contributed by atoms with Gasteiger partial charge in [0.15, 0.2) is 0 Å². The molecule has 0 aromatic heterocycles. The number of rotatable bonds is 2. The summed E-state index contributed by atoms with van der Waals surface area (Å²) in [6.07, 6.45) is 1.33. The lowest BCUT2D eigenvalue weighted by Crippen LogP contribution is -2.16. The highest BCUT2D eigenvalue weighted by Gasteiger charge is 1.84. The molecular weight excluding hydrogens is 78.0 g/mol. The van der Waals surface area contributed by atoms with Gasteiger partial charge < -0.3 is 10.8 Å². The molecule has 0 heterocycles. The van der Waals surface area contributed by atoms with Gasteiger partial charge in [0.25, 0.3) is 0 Å². The minimum absolute atomic E-state index is 0.472. The molecule has 0 aliphatic carbocycles. The van der Waals surface area contributed by atoms with Gasteiger partial charge >= 0.3 is 0 Å². The van der Waals surface area contributed by atoms with E-state index in [-0.39, 0.29) is 0 Å². The van der Waals surface area contributed by atoms with Crippen molar-refractivity contribution in [1.29, 1.82) is 0 Å². The second-order valence-electron chi connectivity index (χ2n) is 1.09. The van der Waals surface area contributed by atoms with E-state index in [2.05, 4.69) is 6.58 Å². The Bertz CT molecular complexity index is 42.8. The van der Waals surface area contributed by atoms with Crippen LogP contribution in [-0.2, 0) is 0 Å². The summed E-state index contributed by atoms with van der Waals surface area (Å²) in [5, 5.41) is 8.26. The normalized spacial score (nSPS) is 13.7. The quantitative estimate of drug-likeness (QED) is 0.363. The molecule has 0 aromatic rings. The molecule has 0 spiro atoms. The summed E-state index contributed by atoms with van der Waals surface area (Å²) in [6.45, 7) is 3.36. The molecule has 36 valence electrons. The Balaban J connectivity index is 2.81. The Hall–Kier alpha value is -0.340. The molecule has 0 saturated heterocycles. The zero-order valence-electron chi connectivity index (χ0n) is 3.59. The first-order valence-corrected chi connectivity index (χ1v) is 1.82. The summed E-state index contributed by atoms with van der Waals surface area (Å²) in [6, 6.07) is 0. The van der Waals surface area contributed by atoms with E-state index in [1.165, 1.54) is 0 Å². The van der Waals surface area contributed by atoms with Crippen molar-refractivity contribution in [3.05, 3.63) is 12.7 Å². The van der Waals surface area contributed by atoms with Crippen molar-refractivity contribution in [2.75, 3.05) is 0 Å². The van der Waals surface area contributed by atoms with Gasteiger partial charge in [0.05, 0.1) is 0 Å². The maximum absolute atomic E-state index is 8.26. The molecule has 0 aliphatic rings. The van der Waals surface area contributed by atoms with Crippen LogP contribution >= 0.6 is 0 Å². The predicted octanol–water partition coefficient (Wildman–Crippen LogP) is -0.160. The Kier molecular flexibility index (Phi) is 2.71. The summed E-state index contributed by atoms with van der Waals surface area (Å²) in [5.41, 5.74) is 4.89. The van der Waals surface area contributed by atoms with E-state index in [0.717, 1.165) is 0 Å². The number of hydrogen-bond acceptors (Lipinski definition) is 2. The van der Waals surface area contributed by atoms with E-state index < -0.39 is 6.23 Å². The first-order valence-electron chi connectivity index (χ1n) is 1.82. The SMILES string of the molecule is C=CC[C@H](N)O. The van der Waals surface area contributed by atoms with Crippen LogP contribution in [0.4, 0.5) is 0 Å². The minimum Gasteiger partial charge on any atom is -0.379 e. The summed E-state index contributed by atoms with van der Waals surface area (Å²) in [4.78, 5) is 0. The van der Waals surface area contributed by atoms with Gasteiger partial charge in [-0.15, -0.1) is 6.58 Å². The van der Waals surface area contributed by atoms with Crippen molar-refractivity contribution in [2.45, 2.75) is 12.6 Å². The van der Waals surface area contributed by atoms with Crippen LogP contribution < -0.4 is 5.73 Å². The summed E-state index contributed by atoms with van der Waals surface area (Å²) in [7, 11) is 0. The van der Waals surface area contributed by atoms with Crippen LogP contribution in [-0.4, -0.2) is 11.3 Å². The van der Waals surface area contributed by atoms with Crippen molar-refractivity contribution >= 4 is 0 Å². The fraction of sp³-hybridized carbons (Fsp3) is 0.500. The maximum Gasteiger partial charge on any atom is 0.105 e. The molecule has 0 radical (unpaired) electrons.